The molecule has 1 aliphatic rings. The number of piperidine rings is 1. The smallest absolute Gasteiger partial charge is 0.0543 e. The quantitative estimate of drug-likeness (QED) is 0.661. The Bertz CT molecular complexity index is 181. The summed E-state index contributed by atoms with van der Waals surface area (Å²) in [6.45, 7) is 9.35. The summed E-state index contributed by atoms with van der Waals surface area (Å²) in [6, 6.07) is 0.617. The summed E-state index contributed by atoms with van der Waals surface area (Å²) in [7, 11) is 1.79. The minimum Gasteiger partial charge on any atom is -0.382 e. The van der Waals surface area contributed by atoms with Crippen molar-refractivity contribution < 1.29 is 4.74 Å². The Balaban J connectivity index is 1.98. The molecule has 0 aromatic rings. The lowest BCUT2D eigenvalue weighted by atomic mass is 10.1. The lowest BCUT2D eigenvalue weighted by Gasteiger charge is -2.29. The number of methoxy groups -OCH3 is 1. The Labute approximate surface area is 107 Å². The van der Waals surface area contributed by atoms with Crippen LogP contribution in [-0.4, -0.2) is 50.3 Å². The van der Waals surface area contributed by atoms with Crippen LogP contribution < -0.4 is 5.32 Å². The molecule has 0 aromatic carbocycles. The largest absolute Gasteiger partial charge is 0.382 e. The van der Waals surface area contributed by atoms with E-state index in [1.807, 2.05) is 0 Å². The number of rotatable bonds is 8. The number of nitrogens with one attached hydrogen (secondary N) is 1. The normalized spacial score (nSPS) is 21.4. The van der Waals surface area contributed by atoms with E-state index >= 15 is 0 Å². The van der Waals surface area contributed by atoms with E-state index < -0.39 is 0 Å². The summed E-state index contributed by atoms with van der Waals surface area (Å²) >= 11 is 0. The fraction of sp³-hybridized carbons (Fsp3) is 1.00. The van der Waals surface area contributed by atoms with Crippen molar-refractivity contribution in [1.82, 2.24) is 10.2 Å². The second-order valence-corrected chi connectivity index (χ2v) is 5.40. The molecule has 3 nitrogen and oxygen atoms in total. The molecule has 2 atom stereocenters. The van der Waals surface area contributed by atoms with Crippen LogP contribution in [0.15, 0.2) is 0 Å². The predicted octanol–water partition coefficient (Wildman–Crippen LogP) is 2.27. The number of nitrogens with zero attached hydrogens (tertiary/aromatic N) is 1. The molecule has 0 bridgehead atoms. The van der Waals surface area contributed by atoms with Crippen molar-refractivity contribution in [3.05, 3.63) is 0 Å². The molecular weight excluding hydrogens is 212 g/mol. The number of hydrogen-bond donors (Lipinski definition) is 1. The van der Waals surface area contributed by atoms with Crippen LogP contribution in [0.3, 0.4) is 0 Å². The number of ether oxygens (including phenoxy) is 1. The number of hydrogen-bond acceptors (Lipinski definition) is 3. The molecule has 3 heteroatoms. The molecule has 1 heterocycles. The molecule has 0 saturated carbocycles. The Morgan fingerprint density at radius 2 is 1.88 bits per heavy atom. The summed E-state index contributed by atoms with van der Waals surface area (Å²) < 4.78 is 5.24. The van der Waals surface area contributed by atoms with Crippen LogP contribution in [0.25, 0.3) is 0 Å². The third-order valence-corrected chi connectivity index (χ3v) is 3.66. The van der Waals surface area contributed by atoms with Crippen molar-refractivity contribution in [1.29, 1.82) is 0 Å². The van der Waals surface area contributed by atoms with E-state index in [-0.39, 0.29) is 0 Å². The van der Waals surface area contributed by atoms with Crippen LogP contribution in [0.2, 0.25) is 0 Å². The zero-order valence-electron chi connectivity index (χ0n) is 11.9. The van der Waals surface area contributed by atoms with Gasteiger partial charge in [-0.05, 0) is 59.2 Å². The first-order valence-corrected chi connectivity index (χ1v) is 7.21. The number of likely N-dealkylation sites (tertiary alicyclic amines) is 1. The predicted molar refractivity (Wildman–Crippen MR) is 73.5 cm³/mol. The minimum absolute atomic E-state index is 0.397. The maximum atomic E-state index is 5.24. The standard InChI is InChI=1S/C14H30N2O/c1-13(12-16-10-5-4-6-11-16)15-9-7-8-14(2)17-3/h13-15H,4-12H2,1-3H3. The molecule has 0 radical (unpaired) electrons. The topological polar surface area (TPSA) is 24.5 Å². The van der Waals surface area contributed by atoms with Crippen LogP contribution in [-0.2, 0) is 4.74 Å². The first kappa shape index (κ1) is 14.9. The van der Waals surface area contributed by atoms with Crippen LogP contribution in [0, 0.1) is 0 Å². The van der Waals surface area contributed by atoms with Crippen LogP contribution in [0.4, 0.5) is 0 Å². The molecule has 0 aromatic heterocycles. The maximum absolute atomic E-state index is 5.24. The average Bonchev–Trinajstić information content (AvgIpc) is 2.35. The monoisotopic (exact) mass is 242 g/mol. The van der Waals surface area contributed by atoms with E-state index in [1.165, 1.54) is 45.3 Å². The van der Waals surface area contributed by atoms with Gasteiger partial charge in [-0.3, -0.25) is 0 Å². The second-order valence-electron chi connectivity index (χ2n) is 5.40. The SMILES string of the molecule is COC(C)CCCNC(C)CN1CCCCC1. The zero-order chi connectivity index (χ0) is 12.5. The fourth-order valence-electron chi connectivity index (χ4n) is 2.45. The molecule has 2 unspecified atom stereocenters. The first-order valence-electron chi connectivity index (χ1n) is 7.21. The van der Waals surface area contributed by atoms with Gasteiger partial charge in [-0.25, -0.2) is 0 Å². The van der Waals surface area contributed by atoms with Crippen molar-refractivity contribution in [3.8, 4) is 0 Å². The third kappa shape index (κ3) is 7.02. The Morgan fingerprint density at radius 1 is 1.18 bits per heavy atom. The van der Waals surface area contributed by atoms with Crippen LogP contribution in [0.5, 0.6) is 0 Å². The van der Waals surface area contributed by atoms with Gasteiger partial charge in [-0.15, -0.1) is 0 Å². The van der Waals surface area contributed by atoms with E-state index in [0.29, 0.717) is 12.1 Å². The van der Waals surface area contributed by atoms with Crippen molar-refractivity contribution in [2.45, 2.75) is 58.1 Å². The van der Waals surface area contributed by atoms with Crippen molar-refractivity contribution in [3.63, 3.8) is 0 Å². The van der Waals surface area contributed by atoms with Gasteiger partial charge < -0.3 is 15.0 Å². The Morgan fingerprint density at radius 3 is 2.53 bits per heavy atom. The van der Waals surface area contributed by atoms with Gasteiger partial charge in [-0.1, -0.05) is 6.42 Å². The Hall–Kier alpha value is -0.120. The van der Waals surface area contributed by atoms with Gasteiger partial charge in [0, 0.05) is 19.7 Å². The highest BCUT2D eigenvalue weighted by Gasteiger charge is 2.12. The molecular formula is C14H30N2O. The summed E-state index contributed by atoms with van der Waals surface area (Å²) in [6.07, 6.45) is 6.96. The molecule has 1 rings (SSSR count). The summed E-state index contributed by atoms with van der Waals surface area (Å²) in [5.74, 6) is 0. The van der Waals surface area contributed by atoms with Crippen LogP contribution >= 0.6 is 0 Å². The van der Waals surface area contributed by atoms with Gasteiger partial charge in [0.1, 0.15) is 0 Å². The highest BCUT2D eigenvalue weighted by Crippen LogP contribution is 2.08. The minimum atomic E-state index is 0.397. The van der Waals surface area contributed by atoms with Crippen molar-refractivity contribution >= 4 is 0 Å². The van der Waals surface area contributed by atoms with Crippen LogP contribution in [0.1, 0.15) is 46.0 Å². The van der Waals surface area contributed by atoms with Crippen molar-refractivity contribution in [2.24, 2.45) is 0 Å². The van der Waals surface area contributed by atoms with Gasteiger partial charge in [0.25, 0.3) is 0 Å². The van der Waals surface area contributed by atoms with Crippen molar-refractivity contribution in [2.75, 3.05) is 33.3 Å². The Kier molecular flexibility index (Phi) is 7.82. The highest BCUT2D eigenvalue weighted by atomic mass is 16.5. The molecule has 17 heavy (non-hydrogen) atoms. The van der Waals surface area contributed by atoms with E-state index in [0.717, 1.165) is 13.0 Å². The summed E-state index contributed by atoms with van der Waals surface area (Å²) in [4.78, 5) is 2.60. The molecule has 1 saturated heterocycles. The molecule has 102 valence electrons. The average molecular weight is 242 g/mol. The van der Waals surface area contributed by atoms with Gasteiger partial charge >= 0.3 is 0 Å². The van der Waals surface area contributed by atoms with Gasteiger partial charge in [0.2, 0.25) is 0 Å². The maximum Gasteiger partial charge on any atom is 0.0543 e. The third-order valence-electron chi connectivity index (χ3n) is 3.66. The van der Waals surface area contributed by atoms with Gasteiger partial charge in [0.15, 0.2) is 0 Å². The molecule has 0 amide bonds. The van der Waals surface area contributed by atoms with E-state index in [4.69, 9.17) is 4.74 Å². The zero-order valence-corrected chi connectivity index (χ0v) is 11.9. The first-order chi connectivity index (χ1) is 8.22. The molecule has 0 spiro atoms. The lowest BCUT2D eigenvalue weighted by molar-refractivity contribution is 0.108. The van der Waals surface area contributed by atoms with E-state index in [1.54, 1.807) is 7.11 Å². The van der Waals surface area contributed by atoms with E-state index in [9.17, 15) is 0 Å². The summed E-state index contributed by atoms with van der Waals surface area (Å²) in [5, 5.41) is 3.61. The van der Waals surface area contributed by atoms with Gasteiger partial charge in [-0.2, -0.15) is 0 Å². The molecule has 1 aliphatic heterocycles. The summed E-state index contributed by atoms with van der Waals surface area (Å²) in [5.41, 5.74) is 0. The highest BCUT2D eigenvalue weighted by molar-refractivity contribution is 4.71. The molecule has 1 N–H and O–H groups in total. The lowest BCUT2D eigenvalue weighted by Crippen LogP contribution is -2.41. The molecule has 0 aliphatic carbocycles. The second kappa shape index (κ2) is 8.90. The van der Waals surface area contributed by atoms with E-state index in [2.05, 4.69) is 24.1 Å². The molecule has 1 fully saturated rings. The van der Waals surface area contributed by atoms with Gasteiger partial charge in [0.05, 0.1) is 6.10 Å². The fourth-order valence-corrected chi connectivity index (χ4v) is 2.45.